The number of ether oxygens (including phenoxy) is 2. The van der Waals surface area contributed by atoms with Crippen LogP contribution in [-0.2, 0) is 4.79 Å². The van der Waals surface area contributed by atoms with Gasteiger partial charge in [-0.2, -0.15) is 0 Å². The van der Waals surface area contributed by atoms with Gasteiger partial charge >= 0.3 is 0 Å². The molecule has 0 fully saturated rings. The molecule has 0 saturated carbocycles. The molecule has 0 bridgehead atoms. The van der Waals surface area contributed by atoms with Gasteiger partial charge in [-0.05, 0) is 60.7 Å². The summed E-state index contributed by atoms with van der Waals surface area (Å²) in [7, 11) is 3.18. The number of rotatable bonds is 9. The molecule has 7 heteroatoms. The first kappa shape index (κ1) is 22.2. The van der Waals surface area contributed by atoms with Crippen molar-refractivity contribution in [3.8, 4) is 11.5 Å². The number of para-hydroxylation sites is 2. The van der Waals surface area contributed by atoms with Gasteiger partial charge in [0.2, 0.25) is 5.91 Å². The van der Waals surface area contributed by atoms with Crippen molar-refractivity contribution >= 4 is 35.0 Å². The maximum atomic E-state index is 12.5. The van der Waals surface area contributed by atoms with Crippen molar-refractivity contribution in [1.29, 1.82) is 0 Å². The van der Waals surface area contributed by atoms with Crippen LogP contribution in [0.25, 0.3) is 0 Å². The zero-order chi connectivity index (χ0) is 22.1. The average Bonchev–Trinajstić information content (AvgIpc) is 2.80. The van der Waals surface area contributed by atoms with Crippen LogP contribution in [0.5, 0.6) is 11.5 Å². The monoisotopic (exact) mass is 436 g/mol. The standard InChI is InChI=1S/C24H24N2O4S/c1-29-19-11-13-20(14-12-19)31-16-15-23(27)25-18-9-7-17(8-10-18)24(28)26-21-5-3-4-6-22(21)30-2/h3-14H,15-16H2,1-2H3,(H,25,27)(H,26,28). The van der Waals surface area contributed by atoms with Crippen LogP contribution in [0.15, 0.2) is 77.7 Å². The van der Waals surface area contributed by atoms with Crippen molar-refractivity contribution in [2.24, 2.45) is 0 Å². The predicted molar refractivity (Wildman–Crippen MR) is 124 cm³/mol. The minimum Gasteiger partial charge on any atom is -0.497 e. The maximum absolute atomic E-state index is 12.5. The number of benzene rings is 3. The fourth-order valence-electron chi connectivity index (χ4n) is 2.80. The molecule has 0 heterocycles. The van der Waals surface area contributed by atoms with Gasteiger partial charge in [-0.15, -0.1) is 11.8 Å². The van der Waals surface area contributed by atoms with E-state index in [0.29, 0.717) is 34.9 Å². The number of nitrogens with one attached hydrogen (secondary N) is 2. The molecule has 0 atom stereocenters. The summed E-state index contributed by atoms with van der Waals surface area (Å²) in [6, 6.07) is 21.7. The molecule has 3 rings (SSSR count). The molecule has 31 heavy (non-hydrogen) atoms. The molecule has 0 saturated heterocycles. The SMILES string of the molecule is COc1ccc(SCCC(=O)Nc2ccc(C(=O)Nc3ccccc3OC)cc2)cc1. The summed E-state index contributed by atoms with van der Waals surface area (Å²) < 4.78 is 10.4. The average molecular weight is 437 g/mol. The van der Waals surface area contributed by atoms with Gasteiger partial charge in [-0.25, -0.2) is 0 Å². The summed E-state index contributed by atoms with van der Waals surface area (Å²) in [4.78, 5) is 25.7. The summed E-state index contributed by atoms with van der Waals surface area (Å²) in [5.74, 6) is 1.73. The number of carbonyl (C=O) groups is 2. The molecule has 0 unspecified atom stereocenters. The van der Waals surface area contributed by atoms with Crippen LogP contribution in [0.4, 0.5) is 11.4 Å². The Labute approximate surface area is 186 Å². The zero-order valence-corrected chi connectivity index (χ0v) is 18.2. The molecule has 6 nitrogen and oxygen atoms in total. The van der Waals surface area contributed by atoms with E-state index in [1.54, 1.807) is 62.4 Å². The van der Waals surface area contributed by atoms with E-state index in [0.717, 1.165) is 10.6 Å². The Morgan fingerprint density at radius 1 is 0.839 bits per heavy atom. The van der Waals surface area contributed by atoms with Crippen LogP contribution in [0.3, 0.4) is 0 Å². The lowest BCUT2D eigenvalue weighted by atomic mass is 10.2. The van der Waals surface area contributed by atoms with E-state index >= 15 is 0 Å². The number of methoxy groups -OCH3 is 2. The minimum atomic E-state index is -0.252. The Kier molecular flexibility index (Phi) is 7.95. The molecule has 2 N–H and O–H groups in total. The zero-order valence-electron chi connectivity index (χ0n) is 17.4. The highest BCUT2D eigenvalue weighted by Gasteiger charge is 2.10. The maximum Gasteiger partial charge on any atom is 0.255 e. The van der Waals surface area contributed by atoms with Crippen LogP contribution >= 0.6 is 11.8 Å². The predicted octanol–water partition coefficient (Wildman–Crippen LogP) is 5.08. The molecule has 0 radical (unpaired) electrons. The van der Waals surface area contributed by atoms with Gasteiger partial charge in [0.1, 0.15) is 11.5 Å². The highest BCUT2D eigenvalue weighted by molar-refractivity contribution is 7.99. The second-order valence-electron chi connectivity index (χ2n) is 6.55. The molecule has 0 aromatic heterocycles. The summed E-state index contributed by atoms with van der Waals surface area (Å²) in [5.41, 5.74) is 1.73. The lowest BCUT2D eigenvalue weighted by Gasteiger charge is -2.10. The molecule has 160 valence electrons. The van der Waals surface area contributed by atoms with E-state index in [4.69, 9.17) is 9.47 Å². The first-order valence-corrected chi connectivity index (χ1v) is 10.7. The van der Waals surface area contributed by atoms with Gasteiger partial charge in [-0.3, -0.25) is 9.59 Å². The van der Waals surface area contributed by atoms with E-state index in [9.17, 15) is 9.59 Å². The number of thioether (sulfide) groups is 1. The number of carbonyl (C=O) groups excluding carboxylic acids is 2. The molecular formula is C24H24N2O4S. The highest BCUT2D eigenvalue weighted by Crippen LogP contribution is 2.24. The normalized spacial score (nSPS) is 10.3. The highest BCUT2D eigenvalue weighted by atomic mass is 32.2. The third kappa shape index (κ3) is 6.52. The molecule has 0 spiro atoms. The fourth-order valence-corrected chi connectivity index (χ4v) is 3.66. The van der Waals surface area contributed by atoms with Crippen LogP contribution < -0.4 is 20.1 Å². The quantitative estimate of drug-likeness (QED) is 0.458. The summed E-state index contributed by atoms with van der Waals surface area (Å²) in [6.45, 7) is 0. The van der Waals surface area contributed by atoms with Gasteiger partial charge in [0, 0.05) is 28.3 Å². The Morgan fingerprint density at radius 2 is 1.55 bits per heavy atom. The van der Waals surface area contributed by atoms with Crippen LogP contribution in [-0.4, -0.2) is 31.8 Å². The number of anilines is 2. The summed E-state index contributed by atoms with van der Waals surface area (Å²) in [6.07, 6.45) is 0.382. The topological polar surface area (TPSA) is 76.7 Å². The van der Waals surface area contributed by atoms with Crippen molar-refractivity contribution in [2.75, 3.05) is 30.6 Å². The van der Waals surface area contributed by atoms with Gasteiger partial charge < -0.3 is 20.1 Å². The third-order valence-electron chi connectivity index (χ3n) is 4.44. The van der Waals surface area contributed by atoms with Gasteiger partial charge in [0.15, 0.2) is 0 Å². The van der Waals surface area contributed by atoms with E-state index in [2.05, 4.69) is 10.6 Å². The Hall–Kier alpha value is -3.45. The first-order chi connectivity index (χ1) is 15.1. The van der Waals surface area contributed by atoms with Crippen LogP contribution in [0.1, 0.15) is 16.8 Å². The smallest absolute Gasteiger partial charge is 0.255 e. The number of amides is 2. The van der Waals surface area contributed by atoms with Gasteiger partial charge in [0.25, 0.3) is 5.91 Å². The van der Waals surface area contributed by atoms with Crippen molar-refractivity contribution in [3.05, 3.63) is 78.4 Å². The van der Waals surface area contributed by atoms with E-state index in [1.165, 1.54) is 0 Å². The number of hydrogen-bond donors (Lipinski definition) is 2. The molecule has 3 aromatic carbocycles. The molecular weight excluding hydrogens is 412 g/mol. The first-order valence-electron chi connectivity index (χ1n) is 9.70. The summed E-state index contributed by atoms with van der Waals surface area (Å²) >= 11 is 1.61. The lowest BCUT2D eigenvalue weighted by molar-refractivity contribution is -0.115. The van der Waals surface area contributed by atoms with Gasteiger partial charge in [-0.1, -0.05) is 12.1 Å². The third-order valence-corrected chi connectivity index (χ3v) is 5.46. The Balaban J connectivity index is 1.47. The van der Waals surface area contributed by atoms with Crippen molar-refractivity contribution in [3.63, 3.8) is 0 Å². The largest absolute Gasteiger partial charge is 0.497 e. The van der Waals surface area contributed by atoms with Crippen molar-refractivity contribution in [2.45, 2.75) is 11.3 Å². The van der Waals surface area contributed by atoms with Crippen LogP contribution in [0.2, 0.25) is 0 Å². The van der Waals surface area contributed by atoms with Crippen LogP contribution in [0, 0.1) is 0 Å². The minimum absolute atomic E-state index is 0.0766. The van der Waals surface area contributed by atoms with E-state index in [1.807, 2.05) is 36.4 Å². The fraction of sp³-hybridized carbons (Fsp3) is 0.167. The van der Waals surface area contributed by atoms with E-state index in [-0.39, 0.29) is 11.8 Å². The molecule has 0 aliphatic heterocycles. The Bertz CT molecular complexity index is 1020. The Morgan fingerprint density at radius 3 is 2.23 bits per heavy atom. The molecule has 2 amide bonds. The molecule has 3 aromatic rings. The lowest BCUT2D eigenvalue weighted by Crippen LogP contribution is -2.14. The molecule has 0 aliphatic rings. The second kappa shape index (κ2) is 11.1. The van der Waals surface area contributed by atoms with Crippen molar-refractivity contribution < 1.29 is 19.1 Å². The number of hydrogen-bond acceptors (Lipinski definition) is 5. The second-order valence-corrected chi connectivity index (χ2v) is 7.72. The summed E-state index contributed by atoms with van der Waals surface area (Å²) in [5, 5.41) is 5.68. The van der Waals surface area contributed by atoms with Gasteiger partial charge in [0.05, 0.1) is 19.9 Å². The van der Waals surface area contributed by atoms with E-state index < -0.39 is 0 Å². The molecule has 0 aliphatic carbocycles. The van der Waals surface area contributed by atoms with Crippen molar-refractivity contribution in [1.82, 2.24) is 0 Å².